The van der Waals surface area contributed by atoms with Gasteiger partial charge in [-0.2, -0.15) is 0 Å². The molecule has 2 atom stereocenters. The van der Waals surface area contributed by atoms with Crippen LogP contribution in [0.3, 0.4) is 0 Å². The number of amidine groups is 2. The Balaban J connectivity index is 1.65. The minimum atomic E-state index is -0.264. The van der Waals surface area contributed by atoms with Crippen LogP contribution in [0.4, 0.5) is 0 Å². The molecule has 0 aliphatic carbocycles. The molecule has 0 radical (unpaired) electrons. The van der Waals surface area contributed by atoms with E-state index >= 15 is 0 Å². The van der Waals surface area contributed by atoms with Crippen LogP contribution in [-0.2, 0) is 14.4 Å². The van der Waals surface area contributed by atoms with E-state index in [0.717, 1.165) is 24.2 Å². The second kappa shape index (κ2) is 9.91. The molecule has 2 N–H and O–H groups in total. The van der Waals surface area contributed by atoms with Crippen LogP contribution in [0.15, 0.2) is 58.3 Å². The highest BCUT2D eigenvalue weighted by molar-refractivity contribution is 6.37. The van der Waals surface area contributed by atoms with E-state index in [2.05, 4.69) is 27.4 Å². The lowest BCUT2D eigenvalue weighted by Gasteiger charge is -2.30. The fraction of sp³-hybridized carbons (Fsp3) is 0.375. The van der Waals surface area contributed by atoms with Gasteiger partial charge >= 0.3 is 0 Å². The van der Waals surface area contributed by atoms with Gasteiger partial charge in [-0.25, -0.2) is 20.3 Å². The first-order valence-electron chi connectivity index (χ1n) is 11.0. The first-order chi connectivity index (χ1) is 15.9. The van der Waals surface area contributed by atoms with E-state index in [1.54, 1.807) is 11.0 Å². The van der Waals surface area contributed by atoms with Crippen molar-refractivity contribution in [1.82, 2.24) is 15.7 Å². The third-order valence-electron chi connectivity index (χ3n) is 5.63. The molecule has 1 aromatic carbocycles. The lowest BCUT2D eigenvalue weighted by atomic mass is 9.95. The summed E-state index contributed by atoms with van der Waals surface area (Å²) in [7, 11) is 0. The second-order valence-corrected chi connectivity index (χ2v) is 8.34. The average molecular weight is 470 g/mol. The van der Waals surface area contributed by atoms with Gasteiger partial charge in [-0.3, -0.25) is 9.69 Å². The number of ether oxygens (including phenoxy) is 1. The van der Waals surface area contributed by atoms with Gasteiger partial charge in [0.2, 0.25) is 0 Å². The van der Waals surface area contributed by atoms with Crippen molar-refractivity contribution in [3.05, 3.63) is 64.5 Å². The van der Waals surface area contributed by atoms with Crippen molar-refractivity contribution in [1.29, 1.82) is 0 Å². The summed E-state index contributed by atoms with van der Waals surface area (Å²) in [6, 6.07) is 5.66. The molecule has 174 valence electrons. The van der Waals surface area contributed by atoms with Crippen molar-refractivity contribution in [3.63, 3.8) is 0 Å². The Bertz CT molecular complexity index is 1090. The molecule has 0 spiro atoms. The van der Waals surface area contributed by atoms with Crippen molar-refractivity contribution in [2.75, 3.05) is 19.8 Å². The van der Waals surface area contributed by atoms with Gasteiger partial charge in [-0.05, 0) is 39.3 Å². The number of halogens is 1. The maximum Gasteiger partial charge on any atom is 0.260 e. The predicted molar refractivity (Wildman–Crippen MR) is 130 cm³/mol. The third-order valence-corrected chi connectivity index (χ3v) is 5.94. The standard InChI is InChI=1S/C24H28ClN5O3/c1-5-16-11-20(19-8-7-17(12-21(19)25)22-28-15(4)33-29-22)24(31)30(6-2)23(16)27-14(3)26-18-9-10-32-13-18/h5,7-8,11-12,15,18,26H,3,6,9-10,13H2,1-2,4H3,(H,28,29)/b16-5-,27-23+. The number of hydrogen-bond acceptors (Lipinski definition) is 7. The van der Waals surface area contributed by atoms with E-state index < -0.39 is 0 Å². The highest BCUT2D eigenvalue weighted by Crippen LogP contribution is 2.32. The van der Waals surface area contributed by atoms with Gasteiger partial charge < -0.3 is 10.1 Å². The molecular formula is C24H28ClN5O3. The number of benzene rings is 1. The highest BCUT2D eigenvalue weighted by atomic mass is 35.5. The van der Waals surface area contributed by atoms with Crippen LogP contribution in [0.1, 0.15) is 38.3 Å². The Morgan fingerprint density at radius 1 is 1.48 bits per heavy atom. The number of nitrogens with one attached hydrogen (secondary N) is 2. The average Bonchev–Trinajstić information content (AvgIpc) is 3.46. The van der Waals surface area contributed by atoms with Crippen LogP contribution >= 0.6 is 11.6 Å². The van der Waals surface area contributed by atoms with Gasteiger partial charge in [-0.1, -0.05) is 36.4 Å². The number of aliphatic imine (C=N–C) groups is 2. The Morgan fingerprint density at radius 3 is 2.91 bits per heavy atom. The summed E-state index contributed by atoms with van der Waals surface area (Å²) >= 11 is 6.62. The Kier molecular flexibility index (Phi) is 6.97. The van der Waals surface area contributed by atoms with E-state index in [4.69, 9.17) is 21.2 Å². The maximum absolute atomic E-state index is 13.5. The summed E-state index contributed by atoms with van der Waals surface area (Å²) in [5, 5.41) is 3.73. The molecule has 1 aromatic rings. The van der Waals surface area contributed by atoms with Gasteiger partial charge in [0, 0.05) is 40.4 Å². The van der Waals surface area contributed by atoms with E-state index in [1.807, 2.05) is 45.1 Å². The van der Waals surface area contributed by atoms with E-state index in [0.29, 0.717) is 46.8 Å². The number of rotatable bonds is 6. The summed E-state index contributed by atoms with van der Waals surface area (Å²) < 4.78 is 5.40. The molecule has 0 bridgehead atoms. The molecule has 4 rings (SSSR count). The zero-order valence-corrected chi connectivity index (χ0v) is 19.8. The van der Waals surface area contributed by atoms with Crippen molar-refractivity contribution in [2.24, 2.45) is 9.98 Å². The maximum atomic E-state index is 13.5. The summed E-state index contributed by atoms with van der Waals surface area (Å²) in [4.78, 5) is 29.4. The third kappa shape index (κ3) is 4.88. The van der Waals surface area contributed by atoms with Crippen LogP contribution in [0.25, 0.3) is 5.57 Å². The molecule has 0 saturated carbocycles. The number of amides is 1. The van der Waals surface area contributed by atoms with Gasteiger partial charge in [0.1, 0.15) is 11.7 Å². The molecule has 0 aromatic heterocycles. The Hall–Kier alpha value is -2.94. The zero-order valence-electron chi connectivity index (χ0n) is 19.0. The summed E-state index contributed by atoms with van der Waals surface area (Å²) in [6.45, 7) is 11.5. The van der Waals surface area contributed by atoms with Crippen LogP contribution in [0.5, 0.6) is 0 Å². The van der Waals surface area contributed by atoms with Gasteiger partial charge in [-0.15, -0.1) is 0 Å². The number of hydrogen-bond donors (Lipinski definition) is 2. The van der Waals surface area contributed by atoms with Crippen molar-refractivity contribution < 1.29 is 14.4 Å². The first kappa shape index (κ1) is 23.2. The molecule has 1 amide bonds. The van der Waals surface area contributed by atoms with Crippen LogP contribution < -0.4 is 10.8 Å². The van der Waals surface area contributed by atoms with E-state index in [-0.39, 0.29) is 18.2 Å². The molecular weight excluding hydrogens is 442 g/mol. The van der Waals surface area contributed by atoms with Crippen molar-refractivity contribution in [3.8, 4) is 0 Å². The summed E-state index contributed by atoms with van der Waals surface area (Å²) in [5.74, 6) is 1.51. The van der Waals surface area contributed by atoms with Gasteiger partial charge in [0.25, 0.3) is 5.91 Å². The first-order valence-corrected chi connectivity index (χ1v) is 11.4. The zero-order chi connectivity index (χ0) is 23.5. The topological polar surface area (TPSA) is 87.6 Å². The number of carbonyl (C=O) groups is 1. The van der Waals surface area contributed by atoms with Crippen LogP contribution in [0, 0.1) is 0 Å². The number of carbonyl (C=O) groups excluding carboxylic acids is 1. The monoisotopic (exact) mass is 469 g/mol. The summed E-state index contributed by atoms with van der Waals surface area (Å²) in [6.07, 6.45) is 4.40. The smallest absolute Gasteiger partial charge is 0.260 e. The number of allylic oxidation sites excluding steroid dienone is 1. The Labute approximate surface area is 198 Å². The van der Waals surface area contributed by atoms with Gasteiger partial charge in [0.05, 0.1) is 12.6 Å². The number of nitrogens with zero attached hydrogens (tertiary/aromatic N) is 3. The molecule has 3 aliphatic heterocycles. The normalized spacial score (nSPS) is 25.3. The molecule has 1 fully saturated rings. The molecule has 3 heterocycles. The second-order valence-electron chi connectivity index (χ2n) is 7.93. The highest BCUT2D eigenvalue weighted by Gasteiger charge is 2.31. The molecule has 9 heteroatoms. The lowest BCUT2D eigenvalue weighted by Crippen LogP contribution is -2.41. The van der Waals surface area contributed by atoms with E-state index in [1.165, 1.54) is 0 Å². The molecule has 33 heavy (non-hydrogen) atoms. The fourth-order valence-electron chi connectivity index (χ4n) is 3.94. The van der Waals surface area contributed by atoms with Gasteiger partial charge in [0.15, 0.2) is 12.1 Å². The molecule has 1 saturated heterocycles. The van der Waals surface area contributed by atoms with Crippen LogP contribution in [-0.4, -0.2) is 54.5 Å². The predicted octanol–water partition coefficient (Wildman–Crippen LogP) is 3.41. The molecule has 2 unspecified atom stereocenters. The van der Waals surface area contributed by atoms with Crippen molar-refractivity contribution in [2.45, 2.75) is 39.5 Å². The van der Waals surface area contributed by atoms with E-state index in [9.17, 15) is 4.79 Å². The molecule has 3 aliphatic rings. The Morgan fingerprint density at radius 2 is 2.30 bits per heavy atom. The SMILES string of the molecule is C=C(/N=C1\C(=C/C)C=C(c2ccc(C3=NC(C)ON3)cc2Cl)C(=O)N1CC)NC1CCOC1. The lowest BCUT2D eigenvalue weighted by molar-refractivity contribution is -0.121. The fourth-order valence-corrected chi connectivity index (χ4v) is 4.22. The quantitative estimate of drug-likeness (QED) is 0.666. The van der Waals surface area contributed by atoms with Crippen molar-refractivity contribution >= 4 is 34.8 Å². The minimum absolute atomic E-state index is 0.165. The van der Waals surface area contributed by atoms with Crippen LogP contribution in [0.2, 0.25) is 5.02 Å². The largest absolute Gasteiger partial charge is 0.379 e. The molecule has 8 nitrogen and oxygen atoms in total. The number of hydroxylamine groups is 1. The summed E-state index contributed by atoms with van der Waals surface area (Å²) in [5.41, 5.74) is 5.56. The number of likely N-dealkylation sites (N-methyl/N-ethyl adjacent to an activating group) is 1. The minimum Gasteiger partial charge on any atom is -0.379 e.